The standard InChI is InChI=1S/C16H11ClN2O3S2/c1-22-12-6-9(5-11(17)14(12)20)7-13-15(21)19(16(23)24-13)10-3-2-4-18-8-10/h2-8,20H,1H3/b13-7-. The molecule has 1 aliphatic rings. The van der Waals surface area contributed by atoms with Gasteiger partial charge in [0.2, 0.25) is 0 Å². The van der Waals surface area contributed by atoms with E-state index in [1.165, 1.54) is 23.8 Å². The molecular formula is C16H11ClN2O3S2. The molecule has 1 N–H and O–H groups in total. The monoisotopic (exact) mass is 378 g/mol. The molecule has 0 unspecified atom stereocenters. The van der Waals surface area contributed by atoms with Crippen molar-refractivity contribution in [3.63, 3.8) is 0 Å². The van der Waals surface area contributed by atoms with E-state index >= 15 is 0 Å². The van der Waals surface area contributed by atoms with Gasteiger partial charge in [0, 0.05) is 6.20 Å². The maximum absolute atomic E-state index is 12.6. The maximum atomic E-state index is 12.6. The number of phenols is 1. The van der Waals surface area contributed by atoms with Crippen LogP contribution in [0.3, 0.4) is 0 Å². The van der Waals surface area contributed by atoms with Gasteiger partial charge in [-0.3, -0.25) is 14.7 Å². The minimum absolute atomic E-state index is 0.140. The predicted octanol–water partition coefficient (Wildman–Crippen LogP) is 3.86. The van der Waals surface area contributed by atoms with Gasteiger partial charge >= 0.3 is 0 Å². The second-order valence-corrected chi connectivity index (χ2v) is 6.86. The van der Waals surface area contributed by atoms with E-state index in [0.29, 0.717) is 20.5 Å². The van der Waals surface area contributed by atoms with E-state index in [4.69, 9.17) is 28.6 Å². The van der Waals surface area contributed by atoms with Crippen molar-refractivity contribution in [2.24, 2.45) is 0 Å². The topological polar surface area (TPSA) is 62.7 Å². The van der Waals surface area contributed by atoms with Gasteiger partial charge in [0.15, 0.2) is 15.8 Å². The molecule has 0 saturated carbocycles. The third-order valence-corrected chi connectivity index (χ3v) is 4.86. The summed E-state index contributed by atoms with van der Waals surface area (Å²) in [6.07, 6.45) is 4.86. The van der Waals surface area contributed by atoms with Crippen LogP contribution in [0.1, 0.15) is 5.56 Å². The molecule has 0 bridgehead atoms. The first-order valence-electron chi connectivity index (χ1n) is 6.75. The number of anilines is 1. The number of pyridine rings is 1. The van der Waals surface area contributed by atoms with Crippen LogP contribution in [0.25, 0.3) is 6.08 Å². The van der Waals surface area contributed by atoms with Crippen molar-refractivity contribution in [1.29, 1.82) is 0 Å². The molecule has 2 aromatic rings. The lowest BCUT2D eigenvalue weighted by atomic mass is 10.2. The van der Waals surface area contributed by atoms with Gasteiger partial charge in [-0.15, -0.1) is 0 Å². The largest absolute Gasteiger partial charge is 0.503 e. The highest BCUT2D eigenvalue weighted by molar-refractivity contribution is 8.27. The third kappa shape index (κ3) is 3.10. The molecule has 1 fully saturated rings. The minimum atomic E-state index is -0.235. The minimum Gasteiger partial charge on any atom is -0.503 e. The van der Waals surface area contributed by atoms with Crippen molar-refractivity contribution in [2.75, 3.05) is 12.0 Å². The van der Waals surface area contributed by atoms with Gasteiger partial charge in [-0.2, -0.15) is 0 Å². The third-order valence-electron chi connectivity index (χ3n) is 3.27. The van der Waals surface area contributed by atoms with Crippen molar-refractivity contribution in [3.05, 3.63) is 52.2 Å². The molecule has 3 rings (SSSR count). The number of phenolic OH excluding ortho intramolecular Hbond substituents is 1. The molecule has 122 valence electrons. The fourth-order valence-electron chi connectivity index (χ4n) is 2.16. The molecular weight excluding hydrogens is 368 g/mol. The summed E-state index contributed by atoms with van der Waals surface area (Å²) in [6, 6.07) is 6.65. The van der Waals surface area contributed by atoms with Crippen molar-refractivity contribution in [3.8, 4) is 11.5 Å². The van der Waals surface area contributed by atoms with Crippen LogP contribution in [-0.4, -0.2) is 27.4 Å². The number of carbonyl (C=O) groups is 1. The van der Waals surface area contributed by atoms with E-state index in [1.807, 2.05) is 0 Å². The number of thiocarbonyl (C=S) groups is 1. The van der Waals surface area contributed by atoms with Gasteiger partial charge < -0.3 is 9.84 Å². The summed E-state index contributed by atoms with van der Waals surface area (Å²) in [5, 5.41) is 9.92. The highest BCUT2D eigenvalue weighted by Crippen LogP contribution is 2.39. The molecule has 1 aliphatic heterocycles. The lowest BCUT2D eigenvalue weighted by Crippen LogP contribution is -2.27. The van der Waals surface area contributed by atoms with Crippen LogP contribution >= 0.6 is 35.6 Å². The van der Waals surface area contributed by atoms with Crippen molar-refractivity contribution in [2.45, 2.75) is 0 Å². The summed E-state index contributed by atoms with van der Waals surface area (Å²) in [7, 11) is 1.43. The van der Waals surface area contributed by atoms with Gasteiger partial charge in [0.05, 0.1) is 28.9 Å². The lowest BCUT2D eigenvalue weighted by Gasteiger charge is -2.13. The fraction of sp³-hybridized carbons (Fsp3) is 0.0625. The summed E-state index contributed by atoms with van der Waals surface area (Å²) in [5.41, 5.74) is 1.24. The second kappa shape index (κ2) is 6.80. The number of aromatic hydroxyl groups is 1. The van der Waals surface area contributed by atoms with Crippen molar-refractivity contribution < 1.29 is 14.6 Å². The van der Waals surface area contributed by atoms with E-state index in [9.17, 15) is 9.90 Å². The molecule has 0 radical (unpaired) electrons. The van der Waals surface area contributed by atoms with E-state index < -0.39 is 0 Å². The molecule has 1 aromatic carbocycles. The van der Waals surface area contributed by atoms with Crippen LogP contribution in [-0.2, 0) is 4.79 Å². The second-order valence-electron chi connectivity index (χ2n) is 4.78. The Morgan fingerprint density at radius 3 is 2.92 bits per heavy atom. The summed E-state index contributed by atoms with van der Waals surface area (Å²) in [6.45, 7) is 0. The Morgan fingerprint density at radius 2 is 2.25 bits per heavy atom. The number of ether oxygens (including phenoxy) is 1. The van der Waals surface area contributed by atoms with Gasteiger partial charge in [-0.25, -0.2) is 0 Å². The molecule has 0 atom stereocenters. The molecule has 24 heavy (non-hydrogen) atoms. The summed E-state index contributed by atoms with van der Waals surface area (Å²) >= 11 is 12.5. The van der Waals surface area contributed by atoms with E-state index in [-0.39, 0.29) is 22.4 Å². The average Bonchev–Trinajstić information content (AvgIpc) is 2.85. The Morgan fingerprint density at radius 1 is 1.46 bits per heavy atom. The first-order valence-corrected chi connectivity index (χ1v) is 8.36. The van der Waals surface area contributed by atoms with Crippen molar-refractivity contribution in [1.82, 2.24) is 4.98 Å². The summed E-state index contributed by atoms with van der Waals surface area (Å²) < 4.78 is 5.50. The number of benzene rings is 1. The summed E-state index contributed by atoms with van der Waals surface area (Å²) in [4.78, 5) is 18.5. The first-order chi connectivity index (χ1) is 11.5. The van der Waals surface area contributed by atoms with Crippen LogP contribution in [0, 0.1) is 0 Å². The number of halogens is 1. The number of amides is 1. The smallest absolute Gasteiger partial charge is 0.270 e. The zero-order valence-corrected chi connectivity index (χ0v) is 14.8. The molecule has 2 heterocycles. The number of aromatic nitrogens is 1. The Kier molecular flexibility index (Phi) is 4.75. The Bertz CT molecular complexity index is 856. The van der Waals surface area contributed by atoms with Gasteiger partial charge in [-0.05, 0) is 35.9 Å². The number of hydrogen-bond donors (Lipinski definition) is 1. The van der Waals surface area contributed by atoms with Gasteiger partial charge in [0.25, 0.3) is 5.91 Å². The molecule has 8 heteroatoms. The number of hydrogen-bond acceptors (Lipinski definition) is 6. The van der Waals surface area contributed by atoms with E-state index in [1.54, 1.807) is 42.7 Å². The maximum Gasteiger partial charge on any atom is 0.270 e. The highest BCUT2D eigenvalue weighted by atomic mass is 35.5. The molecule has 5 nitrogen and oxygen atoms in total. The number of nitrogens with zero attached hydrogens (tertiary/aromatic N) is 2. The van der Waals surface area contributed by atoms with Crippen molar-refractivity contribution >= 4 is 57.6 Å². The normalized spacial score (nSPS) is 16.1. The predicted molar refractivity (Wildman–Crippen MR) is 99.6 cm³/mol. The fourth-order valence-corrected chi connectivity index (χ4v) is 3.68. The van der Waals surface area contributed by atoms with Gasteiger partial charge in [0.1, 0.15) is 0 Å². The zero-order chi connectivity index (χ0) is 17.3. The average molecular weight is 379 g/mol. The molecule has 1 saturated heterocycles. The Balaban J connectivity index is 1.97. The van der Waals surface area contributed by atoms with Crippen LogP contribution < -0.4 is 9.64 Å². The molecule has 0 spiro atoms. The number of rotatable bonds is 3. The molecule has 1 amide bonds. The summed E-state index contributed by atoms with van der Waals surface area (Å²) in [5.74, 6) is -0.142. The highest BCUT2D eigenvalue weighted by Gasteiger charge is 2.33. The van der Waals surface area contributed by atoms with Gasteiger partial charge in [-0.1, -0.05) is 35.6 Å². The number of thioether (sulfide) groups is 1. The first kappa shape index (κ1) is 16.8. The molecule has 1 aromatic heterocycles. The molecule has 0 aliphatic carbocycles. The zero-order valence-electron chi connectivity index (χ0n) is 12.4. The lowest BCUT2D eigenvalue weighted by molar-refractivity contribution is -0.113. The number of carbonyl (C=O) groups excluding carboxylic acids is 1. The Labute approximate surface area is 152 Å². The Hall–Kier alpha value is -2.09. The van der Waals surface area contributed by atoms with Crippen LogP contribution in [0.4, 0.5) is 5.69 Å². The SMILES string of the molecule is COc1cc(/C=C2\SC(=S)N(c3cccnc3)C2=O)cc(Cl)c1O. The van der Waals surface area contributed by atoms with Crippen LogP contribution in [0.15, 0.2) is 41.6 Å². The van der Waals surface area contributed by atoms with E-state index in [0.717, 1.165) is 0 Å². The number of methoxy groups -OCH3 is 1. The van der Waals surface area contributed by atoms with Crippen LogP contribution in [0.2, 0.25) is 5.02 Å². The quantitative estimate of drug-likeness (QED) is 0.646. The van der Waals surface area contributed by atoms with E-state index in [2.05, 4.69) is 4.98 Å². The van der Waals surface area contributed by atoms with Crippen LogP contribution in [0.5, 0.6) is 11.5 Å².